The number of amidine groups is 1. The molecular weight excluding hydrogens is 497 g/mol. The van der Waals surface area contributed by atoms with Gasteiger partial charge in [0, 0.05) is 31.8 Å². The molecule has 196 valence electrons. The maximum atomic E-state index is 12.6. The van der Waals surface area contributed by atoms with E-state index in [2.05, 4.69) is 33.5 Å². The van der Waals surface area contributed by atoms with E-state index in [1.807, 2.05) is 11.9 Å². The molecule has 2 amide bonds. The van der Waals surface area contributed by atoms with Gasteiger partial charge < -0.3 is 20.3 Å². The first-order chi connectivity index (χ1) is 17.8. The maximum absolute atomic E-state index is 12.6. The smallest absolute Gasteiger partial charge is 0.259 e. The summed E-state index contributed by atoms with van der Waals surface area (Å²) >= 11 is 5.79. The van der Waals surface area contributed by atoms with Crippen LogP contribution in [0.4, 0.5) is 15.9 Å². The number of nitrogens with zero attached hydrogens (tertiary/aromatic N) is 3. The van der Waals surface area contributed by atoms with E-state index in [-0.39, 0.29) is 11.5 Å². The molecule has 1 aliphatic heterocycles. The third-order valence-electron chi connectivity index (χ3n) is 5.04. The number of methoxy groups -OCH3 is 1. The Morgan fingerprint density at radius 2 is 1.97 bits per heavy atom. The van der Waals surface area contributed by atoms with Crippen LogP contribution in [-0.2, 0) is 4.79 Å². The molecular formula is C27H31ClFN5O3. The molecule has 10 heteroatoms. The second kappa shape index (κ2) is 16.5. The second-order valence-corrected chi connectivity index (χ2v) is 7.87. The molecule has 1 aliphatic rings. The van der Waals surface area contributed by atoms with Gasteiger partial charge in [0.1, 0.15) is 17.4 Å². The molecule has 0 unspecified atom stereocenters. The average molecular weight is 528 g/mol. The van der Waals surface area contributed by atoms with Gasteiger partial charge in [-0.1, -0.05) is 17.7 Å². The van der Waals surface area contributed by atoms with Crippen LogP contribution in [-0.4, -0.2) is 54.8 Å². The summed E-state index contributed by atoms with van der Waals surface area (Å²) in [5.41, 5.74) is 1.17. The quantitative estimate of drug-likeness (QED) is 0.373. The molecule has 0 saturated carbocycles. The molecule has 2 N–H and O–H groups in total. The van der Waals surface area contributed by atoms with Crippen molar-refractivity contribution in [3.8, 4) is 18.6 Å². The van der Waals surface area contributed by atoms with E-state index in [1.165, 1.54) is 19.4 Å². The first-order valence-corrected chi connectivity index (χ1v) is 11.5. The summed E-state index contributed by atoms with van der Waals surface area (Å²) in [5.74, 6) is 1.11. The van der Waals surface area contributed by atoms with Crippen LogP contribution in [0.1, 0.15) is 30.6 Å². The van der Waals surface area contributed by atoms with Gasteiger partial charge in [0.25, 0.3) is 11.8 Å². The third-order valence-corrected chi connectivity index (χ3v) is 5.26. The number of benzene rings is 1. The van der Waals surface area contributed by atoms with Gasteiger partial charge in [0.2, 0.25) is 0 Å². The molecule has 37 heavy (non-hydrogen) atoms. The lowest BCUT2D eigenvalue weighted by atomic mass is 10.1. The highest BCUT2D eigenvalue weighted by Crippen LogP contribution is 2.24. The molecule has 0 atom stereocenters. The van der Waals surface area contributed by atoms with Gasteiger partial charge in [-0.05, 0) is 50.3 Å². The normalized spacial score (nSPS) is 12.5. The summed E-state index contributed by atoms with van der Waals surface area (Å²) < 4.78 is 16.7. The Kier molecular flexibility index (Phi) is 13.8. The van der Waals surface area contributed by atoms with Crippen LogP contribution in [0.25, 0.3) is 0 Å². The molecule has 2 aromatic rings. The topological polar surface area (TPSA) is 95.9 Å². The van der Waals surface area contributed by atoms with Crippen LogP contribution < -0.4 is 15.4 Å². The van der Waals surface area contributed by atoms with Crippen LogP contribution in [0, 0.1) is 12.8 Å². The van der Waals surface area contributed by atoms with Crippen molar-refractivity contribution in [2.75, 3.05) is 37.9 Å². The number of halogens is 2. The Morgan fingerprint density at radius 3 is 2.51 bits per heavy atom. The first-order valence-electron chi connectivity index (χ1n) is 11.2. The predicted molar refractivity (Wildman–Crippen MR) is 148 cm³/mol. The minimum absolute atomic E-state index is 0.258. The number of likely N-dealkylation sites (N-methyl/N-ethyl adjacent to an activating group) is 1. The highest BCUT2D eigenvalue weighted by Gasteiger charge is 2.16. The number of carbonyl (C=O) groups excluding carboxylic acids is 2. The first kappa shape index (κ1) is 30.9. The van der Waals surface area contributed by atoms with Gasteiger partial charge in [-0.3, -0.25) is 14.6 Å². The maximum Gasteiger partial charge on any atom is 0.259 e. The molecule has 0 spiro atoms. The molecule has 2 heterocycles. The molecule has 8 nitrogen and oxygen atoms in total. The lowest BCUT2D eigenvalue weighted by molar-refractivity contribution is -0.112. The highest BCUT2D eigenvalue weighted by atomic mass is 35.5. The Bertz CT molecular complexity index is 1160. The fourth-order valence-corrected chi connectivity index (χ4v) is 2.99. The zero-order chi connectivity index (χ0) is 27.8. The Balaban J connectivity index is 0.000000475. The molecule has 0 aliphatic carbocycles. The molecule has 1 aromatic carbocycles. The molecule has 1 aromatic heterocycles. The Labute approximate surface area is 222 Å². The van der Waals surface area contributed by atoms with Crippen molar-refractivity contribution in [3.05, 3.63) is 71.2 Å². The molecule has 0 fully saturated rings. The summed E-state index contributed by atoms with van der Waals surface area (Å²) in [6.45, 7) is 5.28. The SMILES string of the molecule is C#C.C/C=C(\C)C(=O)Nc1ccc(OC)cc1C(=O)Nc1ccc(Cl)cn1.CN1CCN=C1C/C=C/F. The number of pyridine rings is 1. The average Bonchev–Trinajstić information content (AvgIpc) is 3.34. The number of terminal acetylenes is 1. The largest absolute Gasteiger partial charge is 0.497 e. The molecule has 0 radical (unpaired) electrons. The van der Waals surface area contributed by atoms with E-state index in [1.54, 1.807) is 50.3 Å². The van der Waals surface area contributed by atoms with Gasteiger partial charge in [-0.2, -0.15) is 0 Å². The van der Waals surface area contributed by atoms with Crippen molar-refractivity contribution in [3.63, 3.8) is 0 Å². The number of ether oxygens (including phenoxy) is 1. The lowest BCUT2D eigenvalue weighted by Crippen LogP contribution is -2.21. The van der Waals surface area contributed by atoms with E-state index < -0.39 is 5.91 Å². The molecule has 3 rings (SSSR count). The minimum Gasteiger partial charge on any atom is -0.497 e. The van der Waals surface area contributed by atoms with Gasteiger partial charge in [0.15, 0.2) is 0 Å². The van der Waals surface area contributed by atoms with Crippen molar-refractivity contribution in [2.24, 2.45) is 4.99 Å². The fraction of sp³-hybridized carbons (Fsp3) is 0.259. The second-order valence-electron chi connectivity index (χ2n) is 7.44. The highest BCUT2D eigenvalue weighted by molar-refractivity contribution is 6.30. The van der Waals surface area contributed by atoms with Crippen molar-refractivity contribution >= 4 is 40.8 Å². The van der Waals surface area contributed by atoms with Crippen molar-refractivity contribution in [1.29, 1.82) is 0 Å². The number of anilines is 2. The number of hydrogen-bond donors (Lipinski definition) is 2. The van der Waals surface area contributed by atoms with E-state index in [0.29, 0.717) is 40.6 Å². The van der Waals surface area contributed by atoms with Crippen LogP contribution in [0.3, 0.4) is 0 Å². The van der Waals surface area contributed by atoms with Crippen LogP contribution in [0.15, 0.2) is 65.6 Å². The van der Waals surface area contributed by atoms with E-state index in [9.17, 15) is 14.0 Å². The van der Waals surface area contributed by atoms with Gasteiger partial charge >= 0.3 is 0 Å². The summed E-state index contributed by atoms with van der Waals surface area (Å²) in [6.07, 6.45) is 13.8. The summed E-state index contributed by atoms with van der Waals surface area (Å²) in [5, 5.41) is 5.85. The zero-order valence-electron chi connectivity index (χ0n) is 21.3. The third kappa shape index (κ3) is 10.2. The number of allylic oxidation sites excluding steroid dienone is 1. The molecule has 0 saturated heterocycles. The van der Waals surface area contributed by atoms with E-state index in [0.717, 1.165) is 18.9 Å². The van der Waals surface area contributed by atoms with Crippen molar-refractivity contribution < 1.29 is 18.7 Å². The number of rotatable bonds is 7. The molecule has 0 bridgehead atoms. The number of aliphatic imine (C=N–C) groups is 1. The van der Waals surface area contributed by atoms with Crippen molar-refractivity contribution in [2.45, 2.75) is 20.3 Å². The fourth-order valence-electron chi connectivity index (χ4n) is 2.88. The summed E-state index contributed by atoms with van der Waals surface area (Å²) in [4.78, 5) is 34.9. The Hall–Kier alpha value is -4.16. The zero-order valence-corrected chi connectivity index (χ0v) is 22.1. The van der Waals surface area contributed by atoms with Crippen LogP contribution in [0.5, 0.6) is 5.75 Å². The van der Waals surface area contributed by atoms with Gasteiger partial charge in [-0.25, -0.2) is 9.37 Å². The standard InChI is InChI=1S/C18H18ClN3O3.C7H11FN2.C2H2/c1-4-11(2)17(23)21-15-7-6-13(25-3)9-14(15)18(24)22-16-8-5-12(19)10-20-16;1-10-6-5-9-7(10)3-2-4-8;1-2/h4-10H,1-3H3,(H,21,23)(H,20,22,24);2,4H,3,5-6H2,1H3;1-2H/b11-4+;4-2+;. The van der Waals surface area contributed by atoms with E-state index >= 15 is 0 Å². The summed E-state index contributed by atoms with van der Waals surface area (Å²) in [7, 11) is 3.47. The van der Waals surface area contributed by atoms with E-state index in [4.69, 9.17) is 16.3 Å². The number of hydrogen-bond acceptors (Lipinski definition) is 6. The number of nitrogens with one attached hydrogen (secondary N) is 2. The van der Waals surface area contributed by atoms with Crippen molar-refractivity contribution in [1.82, 2.24) is 9.88 Å². The Morgan fingerprint density at radius 1 is 1.24 bits per heavy atom. The summed E-state index contributed by atoms with van der Waals surface area (Å²) in [6, 6.07) is 8.03. The van der Waals surface area contributed by atoms with Gasteiger partial charge in [0.05, 0.1) is 36.3 Å². The number of amides is 2. The number of carbonyl (C=O) groups is 2. The lowest BCUT2D eigenvalue weighted by Gasteiger charge is -2.13. The number of aromatic nitrogens is 1. The van der Waals surface area contributed by atoms with Crippen LogP contribution >= 0.6 is 11.6 Å². The minimum atomic E-state index is -0.429. The monoisotopic (exact) mass is 527 g/mol. The van der Waals surface area contributed by atoms with Gasteiger partial charge in [-0.15, -0.1) is 12.8 Å². The van der Waals surface area contributed by atoms with Crippen LogP contribution in [0.2, 0.25) is 5.02 Å². The predicted octanol–water partition coefficient (Wildman–Crippen LogP) is 5.35.